The fourth-order valence-corrected chi connectivity index (χ4v) is 4.27. The molecular weight excluding hydrogens is 408 g/mol. The van der Waals surface area contributed by atoms with Crippen LogP contribution in [-0.2, 0) is 31.9 Å². The molecule has 3 heterocycles. The van der Waals surface area contributed by atoms with Crippen molar-refractivity contribution in [3.63, 3.8) is 0 Å². The largest absolute Gasteiger partial charge is 0.339 e. The lowest BCUT2D eigenvalue weighted by molar-refractivity contribution is -0.116. The van der Waals surface area contributed by atoms with E-state index < -0.39 is 23.7 Å². The van der Waals surface area contributed by atoms with Crippen LogP contribution in [0.2, 0.25) is 0 Å². The van der Waals surface area contributed by atoms with Gasteiger partial charge in [-0.3, -0.25) is 14.2 Å². The molecule has 2 aromatic heterocycles. The minimum Gasteiger partial charge on any atom is -0.339 e. The molecule has 9 heteroatoms. The molecule has 0 bridgehead atoms. The Hall–Kier alpha value is -4.14. The van der Waals surface area contributed by atoms with Crippen molar-refractivity contribution in [3.8, 4) is 0 Å². The number of fused-ring (bicyclic) bond motifs is 2. The zero-order chi connectivity index (χ0) is 22.4. The molecule has 2 aromatic carbocycles. The summed E-state index contributed by atoms with van der Waals surface area (Å²) in [5, 5.41) is 2.89. The molecule has 0 saturated carbocycles. The van der Waals surface area contributed by atoms with Crippen molar-refractivity contribution in [1.82, 2.24) is 18.7 Å². The molecule has 32 heavy (non-hydrogen) atoms. The van der Waals surface area contributed by atoms with Crippen LogP contribution >= 0.6 is 0 Å². The van der Waals surface area contributed by atoms with Gasteiger partial charge in [0, 0.05) is 26.3 Å². The van der Waals surface area contributed by atoms with Crippen LogP contribution in [0.25, 0.3) is 11.2 Å². The summed E-state index contributed by atoms with van der Waals surface area (Å²) >= 11 is 0. The molecule has 1 N–H and O–H groups in total. The Balaban J connectivity index is 1.46. The summed E-state index contributed by atoms with van der Waals surface area (Å²) in [6.45, 7) is 0.418. The minimum absolute atomic E-state index is 0.272. The average Bonchev–Trinajstić information content (AvgIpc) is 3.39. The van der Waals surface area contributed by atoms with E-state index in [-0.39, 0.29) is 11.2 Å². The summed E-state index contributed by atoms with van der Waals surface area (Å²) in [4.78, 5) is 44.8. The summed E-state index contributed by atoms with van der Waals surface area (Å²) in [6, 6.07) is 15.7. The van der Waals surface area contributed by atoms with Crippen LogP contribution in [0, 0.1) is 0 Å². The molecular formula is C23H22N6O3. The summed E-state index contributed by atoms with van der Waals surface area (Å²) < 4.78 is 3.76. The van der Waals surface area contributed by atoms with Crippen LogP contribution in [0.1, 0.15) is 5.56 Å². The zero-order valence-corrected chi connectivity index (χ0v) is 17.8. The number of rotatable bonds is 4. The highest BCUT2D eigenvalue weighted by Gasteiger charge is 2.23. The van der Waals surface area contributed by atoms with Crippen molar-refractivity contribution in [2.75, 3.05) is 16.8 Å². The highest BCUT2D eigenvalue weighted by atomic mass is 16.2. The number of para-hydroxylation sites is 3. The second-order valence-corrected chi connectivity index (χ2v) is 7.86. The van der Waals surface area contributed by atoms with E-state index in [0.29, 0.717) is 5.69 Å². The smallest absolute Gasteiger partial charge is 0.332 e. The van der Waals surface area contributed by atoms with Gasteiger partial charge < -0.3 is 14.8 Å². The molecule has 1 aliphatic heterocycles. The number of hydrogen-bond acceptors (Lipinski definition) is 5. The van der Waals surface area contributed by atoms with Gasteiger partial charge in [0.05, 0.1) is 17.7 Å². The molecule has 0 fully saturated rings. The van der Waals surface area contributed by atoms with E-state index in [2.05, 4.69) is 27.3 Å². The third kappa shape index (κ3) is 3.09. The highest BCUT2D eigenvalue weighted by Crippen LogP contribution is 2.38. The number of carbonyl (C=O) groups excluding carboxylic acids is 1. The van der Waals surface area contributed by atoms with Crippen LogP contribution < -0.4 is 21.5 Å². The van der Waals surface area contributed by atoms with E-state index in [9.17, 15) is 14.4 Å². The van der Waals surface area contributed by atoms with Gasteiger partial charge >= 0.3 is 5.69 Å². The predicted octanol–water partition coefficient (Wildman–Crippen LogP) is 1.77. The number of nitrogens with zero attached hydrogens (tertiary/aromatic N) is 5. The summed E-state index contributed by atoms with van der Waals surface area (Å²) in [7, 11) is 3.21. The van der Waals surface area contributed by atoms with Gasteiger partial charge in [-0.15, -0.1) is 0 Å². The van der Waals surface area contributed by atoms with Gasteiger partial charge in [0.15, 0.2) is 11.2 Å². The lowest BCUT2D eigenvalue weighted by Crippen LogP contribution is -2.42. The Morgan fingerprint density at radius 3 is 2.56 bits per heavy atom. The molecule has 0 aliphatic carbocycles. The Morgan fingerprint density at radius 2 is 1.75 bits per heavy atom. The Labute approximate surface area is 183 Å². The van der Waals surface area contributed by atoms with Gasteiger partial charge in [-0.05, 0) is 30.2 Å². The van der Waals surface area contributed by atoms with Crippen LogP contribution in [0.15, 0.2) is 64.4 Å². The molecule has 4 aromatic rings. The van der Waals surface area contributed by atoms with Crippen LogP contribution in [0.3, 0.4) is 0 Å². The van der Waals surface area contributed by atoms with Crippen molar-refractivity contribution >= 4 is 34.1 Å². The second-order valence-electron chi connectivity index (χ2n) is 7.86. The van der Waals surface area contributed by atoms with Gasteiger partial charge in [0.1, 0.15) is 6.54 Å². The van der Waals surface area contributed by atoms with E-state index in [1.807, 2.05) is 36.4 Å². The van der Waals surface area contributed by atoms with Crippen molar-refractivity contribution in [2.24, 2.45) is 14.1 Å². The lowest BCUT2D eigenvalue weighted by Gasteiger charge is -2.23. The van der Waals surface area contributed by atoms with E-state index in [1.54, 1.807) is 11.6 Å². The van der Waals surface area contributed by atoms with Crippen molar-refractivity contribution in [3.05, 3.63) is 81.3 Å². The Kier molecular flexibility index (Phi) is 4.66. The highest BCUT2D eigenvalue weighted by molar-refractivity contribution is 5.95. The Morgan fingerprint density at radius 1 is 1.03 bits per heavy atom. The maximum absolute atomic E-state index is 12.9. The van der Waals surface area contributed by atoms with Gasteiger partial charge in [-0.25, -0.2) is 14.3 Å². The number of imidazole rings is 1. The van der Waals surface area contributed by atoms with E-state index in [1.165, 1.54) is 23.5 Å². The van der Waals surface area contributed by atoms with Gasteiger partial charge in [-0.1, -0.05) is 30.3 Å². The molecule has 5 rings (SSSR count). The molecule has 0 atom stereocenters. The topological polar surface area (TPSA) is 94.2 Å². The normalized spacial score (nSPS) is 12.9. The summed E-state index contributed by atoms with van der Waals surface area (Å²) in [6.07, 6.45) is 2.40. The first-order valence-electron chi connectivity index (χ1n) is 10.3. The second kappa shape index (κ2) is 7.52. The first-order chi connectivity index (χ1) is 15.5. The van der Waals surface area contributed by atoms with Crippen molar-refractivity contribution in [1.29, 1.82) is 0 Å². The Bertz CT molecular complexity index is 1480. The summed E-state index contributed by atoms with van der Waals surface area (Å²) in [5.41, 5.74) is 3.30. The van der Waals surface area contributed by atoms with Gasteiger partial charge in [0.2, 0.25) is 5.91 Å². The predicted molar refractivity (Wildman–Crippen MR) is 122 cm³/mol. The number of carbonyl (C=O) groups is 1. The number of aryl methyl sites for hydroxylation is 2. The van der Waals surface area contributed by atoms with Gasteiger partial charge in [-0.2, -0.15) is 0 Å². The molecule has 1 amide bonds. The zero-order valence-electron chi connectivity index (χ0n) is 17.8. The van der Waals surface area contributed by atoms with E-state index in [0.717, 1.165) is 28.9 Å². The third-order valence-electron chi connectivity index (χ3n) is 5.86. The fraction of sp³-hybridized carbons (Fsp3) is 0.217. The van der Waals surface area contributed by atoms with Crippen LogP contribution in [0.5, 0.6) is 0 Å². The molecule has 0 radical (unpaired) electrons. The molecule has 0 spiro atoms. The number of aromatic nitrogens is 4. The number of amides is 1. The first-order valence-corrected chi connectivity index (χ1v) is 10.3. The summed E-state index contributed by atoms with van der Waals surface area (Å²) in [5.74, 6) is -0.453. The molecule has 0 unspecified atom stereocenters. The maximum Gasteiger partial charge on any atom is 0.332 e. The number of nitrogens with one attached hydrogen (secondary N) is 1. The van der Waals surface area contributed by atoms with Crippen LogP contribution in [-0.4, -0.2) is 31.1 Å². The molecule has 9 nitrogen and oxygen atoms in total. The minimum atomic E-state index is -0.585. The quantitative estimate of drug-likeness (QED) is 0.533. The van der Waals surface area contributed by atoms with E-state index in [4.69, 9.17) is 0 Å². The molecule has 0 saturated heterocycles. The van der Waals surface area contributed by atoms with Crippen molar-refractivity contribution < 1.29 is 4.79 Å². The standard InChI is InChI=1S/C23H22N6O3/c1-26-14-24-21-20(26)22(31)29(23(32)27(21)2)13-19(30)25-16-8-4-6-10-18(16)28-12-11-15-7-3-5-9-17(15)28/h3-10,14H,11-13H2,1-2H3,(H,25,30). The maximum atomic E-state index is 12.9. The van der Waals surface area contributed by atoms with Gasteiger partial charge in [0.25, 0.3) is 5.56 Å². The first kappa shape index (κ1) is 19.8. The number of benzene rings is 2. The fourth-order valence-electron chi connectivity index (χ4n) is 4.27. The van der Waals surface area contributed by atoms with Crippen LogP contribution in [0.4, 0.5) is 17.1 Å². The molecule has 162 valence electrons. The molecule has 1 aliphatic rings. The monoisotopic (exact) mass is 430 g/mol. The number of anilines is 3. The average molecular weight is 430 g/mol. The van der Waals surface area contributed by atoms with Crippen molar-refractivity contribution in [2.45, 2.75) is 13.0 Å². The SMILES string of the molecule is Cn1cnc2c1c(=O)n(CC(=O)Nc1ccccc1N1CCc3ccccc31)c(=O)n2C. The third-order valence-corrected chi connectivity index (χ3v) is 5.86. The van der Waals surface area contributed by atoms with E-state index >= 15 is 0 Å². The lowest BCUT2D eigenvalue weighted by atomic mass is 10.2. The number of hydrogen-bond donors (Lipinski definition) is 1.